The number of aromatic nitrogens is 1. The summed E-state index contributed by atoms with van der Waals surface area (Å²) in [7, 11) is 0. The average molecular weight is 265 g/mol. The normalized spacial score (nSPS) is 17.3. The van der Waals surface area contributed by atoms with Crippen LogP contribution in [0.1, 0.15) is 63.8 Å². The molecule has 2 nitrogen and oxygen atoms in total. The number of hydrogen-bond donors (Lipinski definition) is 1. The summed E-state index contributed by atoms with van der Waals surface area (Å²) in [5.41, 5.74) is 2.16. The van der Waals surface area contributed by atoms with E-state index in [0.717, 1.165) is 24.1 Å². The van der Waals surface area contributed by atoms with Crippen LogP contribution in [-0.2, 0) is 11.2 Å². The SMILES string of the molecule is CC(C)(C)c1ccc(CS)c(=O)n1C1CCCC1. The van der Waals surface area contributed by atoms with Crippen molar-refractivity contribution in [2.75, 3.05) is 0 Å². The summed E-state index contributed by atoms with van der Waals surface area (Å²) in [5.74, 6) is 0.524. The smallest absolute Gasteiger partial charge is 0.255 e. The fourth-order valence-electron chi connectivity index (χ4n) is 2.85. The Labute approximate surface area is 115 Å². The molecule has 1 aliphatic rings. The molecule has 0 amide bonds. The molecule has 0 radical (unpaired) electrons. The van der Waals surface area contributed by atoms with Crippen LogP contribution in [0.2, 0.25) is 0 Å². The minimum atomic E-state index is 0.0108. The highest BCUT2D eigenvalue weighted by atomic mass is 32.1. The van der Waals surface area contributed by atoms with Crippen molar-refractivity contribution >= 4 is 12.6 Å². The zero-order chi connectivity index (χ0) is 13.3. The lowest BCUT2D eigenvalue weighted by Crippen LogP contribution is -2.33. The third-order valence-corrected chi connectivity index (χ3v) is 4.16. The Morgan fingerprint density at radius 2 is 1.89 bits per heavy atom. The third kappa shape index (κ3) is 2.51. The van der Waals surface area contributed by atoms with Gasteiger partial charge in [-0.1, -0.05) is 39.7 Å². The Bertz CT molecular complexity index is 478. The van der Waals surface area contributed by atoms with Gasteiger partial charge in [0.05, 0.1) is 0 Å². The van der Waals surface area contributed by atoms with Crippen LogP contribution in [0.4, 0.5) is 0 Å². The first-order valence-corrected chi connectivity index (χ1v) is 7.44. The molecular formula is C15H23NOS. The van der Waals surface area contributed by atoms with Crippen molar-refractivity contribution in [3.8, 4) is 0 Å². The summed E-state index contributed by atoms with van der Waals surface area (Å²) >= 11 is 4.26. The zero-order valence-electron chi connectivity index (χ0n) is 11.6. The van der Waals surface area contributed by atoms with E-state index >= 15 is 0 Å². The van der Waals surface area contributed by atoms with Gasteiger partial charge in [0, 0.05) is 28.5 Å². The van der Waals surface area contributed by atoms with Gasteiger partial charge >= 0.3 is 0 Å². The van der Waals surface area contributed by atoms with Gasteiger partial charge in [0.15, 0.2) is 0 Å². The average Bonchev–Trinajstić information content (AvgIpc) is 2.80. The molecule has 1 fully saturated rings. The molecule has 1 aliphatic carbocycles. The maximum atomic E-state index is 12.6. The summed E-state index contributed by atoms with van der Waals surface area (Å²) in [5, 5.41) is 0. The molecular weight excluding hydrogens is 242 g/mol. The molecule has 1 aromatic heterocycles. The van der Waals surface area contributed by atoms with E-state index in [2.05, 4.69) is 44.0 Å². The van der Waals surface area contributed by atoms with Crippen molar-refractivity contribution in [2.24, 2.45) is 0 Å². The van der Waals surface area contributed by atoms with Crippen molar-refractivity contribution in [1.82, 2.24) is 4.57 Å². The standard InChI is InChI=1S/C15H23NOS/c1-15(2,3)13-9-8-11(10-18)14(17)16(13)12-6-4-5-7-12/h8-9,12,18H,4-7,10H2,1-3H3. The predicted molar refractivity (Wildman–Crippen MR) is 79.6 cm³/mol. The summed E-state index contributed by atoms with van der Waals surface area (Å²) < 4.78 is 2.05. The quantitative estimate of drug-likeness (QED) is 0.809. The van der Waals surface area contributed by atoms with E-state index in [9.17, 15) is 4.79 Å². The highest BCUT2D eigenvalue weighted by molar-refractivity contribution is 7.79. The van der Waals surface area contributed by atoms with Gasteiger partial charge in [-0.3, -0.25) is 4.79 Å². The van der Waals surface area contributed by atoms with E-state index in [1.165, 1.54) is 12.8 Å². The summed E-state index contributed by atoms with van der Waals surface area (Å²) in [6, 6.07) is 4.46. The van der Waals surface area contributed by atoms with Crippen LogP contribution in [0.3, 0.4) is 0 Å². The Hall–Kier alpha value is -0.700. The van der Waals surface area contributed by atoms with Gasteiger partial charge in [0.2, 0.25) is 0 Å². The fourth-order valence-corrected chi connectivity index (χ4v) is 3.09. The molecule has 0 N–H and O–H groups in total. The lowest BCUT2D eigenvalue weighted by Gasteiger charge is -2.28. The first-order chi connectivity index (χ1) is 8.45. The molecule has 0 unspecified atom stereocenters. The van der Waals surface area contributed by atoms with E-state index in [1.54, 1.807) is 0 Å². The Balaban J connectivity index is 2.60. The number of thiol groups is 1. The van der Waals surface area contributed by atoms with Crippen molar-refractivity contribution < 1.29 is 0 Å². The molecule has 1 heterocycles. The second-order valence-electron chi connectivity index (χ2n) is 6.27. The number of hydrogen-bond acceptors (Lipinski definition) is 2. The van der Waals surface area contributed by atoms with Gasteiger partial charge in [-0.05, 0) is 18.9 Å². The maximum Gasteiger partial charge on any atom is 0.255 e. The molecule has 100 valence electrons. The molecule has 18 heavy (non-hydrogen) atoms. The van der Waals surface area contributed by atoms with Crippen LogP contribution in [0, 0.1) is 0 Å². The van der Waals surface area contributed by atoms with E-state index in [4.69, 9.17) is 0 Å². The van der Waals surface area contributed by atoms with Crippen molar-refractivity contribution in [1.29, 1.82) is 0 Å². The monoisotopic (exact) mass is 265 g/mol. The molecule has 0 saturated heterocycles. The Kier molecular flexibility index (Phi) is 3.90. The summed E-state index contributed by atoms with van der Waals surface area (Å²) in [6.45, 7) is 6.52. The largest absolute Gasteiger partial charge is 0.309 e. The predicted octanol–water partition coefficient (Wildman–Crippen LogP) is 3.69. The van der Waals surface area contributed by atoms with Crippen molar-refractivity contribution in [3.05, 3.63) is 33.7 Å². The van der Waals surface area contributed by atoms with Crippen LogP contribution < -0.4 is 5.56 Å². The first-order valence-electron chi connectivity index (χ1n) is 6.81. The molecule has 0 bridgehead atoms. The van der Waals surface area contributed by atoms with Crippen LogP contribution in [-0.4, -0.2) is 4.57 Å². The first kappa shape index (κ1) is 13.7. The van der Waals surface area contributed by atoms with E-state index < -0.39 is 0 Å². The van der Waals surface area contributed by atoms with E-state index in [1.807, 2.05) is 6.07 Å². The van der Waals surface area contributed by atoms with Gasteiger partial charge < -0.3 is 4.57 Å². The number of nitrogens with zero attached hydrogens (tertiary/aromatic N) is 1. The van der Waals surface area contributed by atoms with Gasteiger partial charge in [-0.25, -0.2) is 0 Å². The van der Waals surface area contributed by atoms with Crippen LogP contribution >= 0.6 is 12.6 Å². The summed E-state index contributed by atoms with van der Waals surface area (Å²) in [4.78, 5) is 12.6. The van der Waals surface area contributed by atoms with Crippen molar-refractivity contribution in [2.45, 2.75) is 63.7 Å². The molecule has 1 saturated carbocycles. The van der Waals surface area contributed by atoms with Crippen LogP contribution in [0.25, 0.3) is 0 Å². The van der Waals surface area contributed by atoms with Gasteiger partial charge in [-0.2, -0.15) is 12.6 Å². The van der Waals surface area contributed by atoms with Gasteiger partial charge in [0.25, 0.3) is 5.56 Å². The number of pyridine rings is 1. The Morgan fingerprint density at radius 3 is 2.39 bits per heavy atom. The number of rotatable bonds is 2. The third-order valence-electron chi connectivity index (χ3n) is 3.82. The second-order valence-corrected chi connectivity index (χ2v) is 6.58. The molecule has 2 rings (SSSR count). The minimum absolute atomic E-state index is 0.0108. The Morgan fingerprint density at radius 1 is 1.28 bits per heavy atom. The fraction of sp³-hybridized carbons (Fsp3) is 0.667. The molecule has 3 heteroatoms. The molecule has 1 aromatic rings. The minimum Gasteiger partial charge on any atom is -0.309 e. The van der Waals surface area contributed by atoms with Crippen LogP contribution in [0.15, 0.2) is 16.9 Å². The van der Waals surface area contributed by atoms with Gasteiger partial charge in [0.1, 0.15) is 0 Å². The highest BCUT2D eigenvalue weighted by Gasteiger charge is 2.26. The zero-order valence-corrected chi connectivity index (χ0v) is 12.5. The molecule has 0 aromatic carbocycles. The highest BCUT2D eigenvalue weighted by Crippen LogP contribution is 2.32. The van der Waals surface area contributed by atoms with E-state index in [0.29, 0.717) is 11.8 Å². The maximum absolute atomic E-state index is 12.6. The van der Waals surface area contributed by atoms with E-state index in [-0.39, 0.29) is 11.0 Å². The molecule has 0 atom stereocenters. The molecule has 0 aliphatic heterocycles. The molecule has 0 spiro atoms. The topological polar surface area (TPSA) is 22.0 Å². The lowest BCUT2D eigenvalue weighted by atomic mass is 9.90. The van der Waals surface area contributed by atoms with Crippen LogP contribution in [0.5, 0.6) is 0 Å². The summed E-state index contributed by atoms with van der Waals surface area (Å²) in [6.07, 6.45) is 4.76. The van der Waals surface area contributed by atoms with Gasteiger partial charge in [-0.15, -0.1) is 0 Å². The second kappa shape index (κ2) is 5.12. The van der Waals surface area contributed by atoms with Crippen molar-refractivity contribution in [3.63, 3.8) is 0 Å². The lowest BCUT2D eigenvalue weighted by molar-refractivity contribution is 0.430.